The van der Waals surface area contributed by atoms with Crippen molar-refractivity contribution in [2.75, 3.05) is 44.3 Å². The van der Waals surface area contributed by atoms with Crippen LogP contribution in [0.1, 0.15) is 52.3 Å². The number of fused-ring (bicyclic) bond motifs is 1. The van der Waals surface area contributed by atoms with Gasteiger partial charge in [0.15, 0.2) is 5.65 Å². The third kappa shape index (κ3) is 5.66. The van der Waals surface area contributed by atoms with Gasteiger partial charge < -0.3 is 19.3 Å². The lowest BCUT2D eigenvalue weighted by molar-refractivity contribution is 0.0240. The minimum Gasteiger partial charge on any atom is -0.444 e. The fourth-order valence-corrected chi connectivity index (χ4v) is 5.65. The van der Waals surface area contributed by atoms with Crippen molar-refractivity contribution in [2.45, 2.75) is 58.6 Å². The van der Waals surface area contributed by atoms with E-state index < -0.39 is 5.60 Å². The molecule has 10 nitrogen and oxygen atoms in total. The number of rotatable bonds is 5. The number of benzene rings is 1. The molecular weight excluding hydrogens is 518 g/mol. The quantitative estimate of drug-likeness (QED) is 0.331. The highest BCUT2D eigenvalue weighted by Gasteiger charge is 2.26. The number of hydrogen-bond donors (Lipinski definition) is 0. The van der Waals surface area contributed by atoms with Crippen molar-refractivity contribution in [1.29, 1.82) is 0 Å². The lowest BCUT2D eigenvalue weighted by Gasteiger charge is -2.36. The highest BCUT2D eigenvalue weighted by Crippen LogP contribution is 2.30. The molecule has 2 aliphatic rings. The summed E-state index contributed by atoms with van der Waals surface area (Å²) in [6.45, 7) is 12.1. The summed E-state index contributed by atoms with van der Waals surface area (Å²) in [6.07, 6.45) is 4.34. The number of amides is 1. The highest BCUT2D eigenvalue weighted by atomic mass is 16.6. The van der Waals surface area contributed by atoms with Crippen molar-refractivity contribution < 1.29 is 14.3 Å². The molecule has 10 heteroatoms. The summed E-state index contributed by atoms with van der Waals surface area (Å²) in [5.41, 5.74) is 5.42. The summed E-state index contributed by atoms with van der Waals surface area (Å²) < 4.78 is 15.2. The van der Waals surface area contributed by atoms with Gasteiger partial charge in [-0.1, -0.05) is 6.92 Å². The van der Waals surface area contributed by atoms with Crippen LogP contribution in [0, 0.1) is 0 Å². The van der Waals surface area contributed by atoms with Crippen LogP contribution in [0.4, 0.5) is 10.5 Å². The van der Waals surface area contributed by atoms with E-state index in [1.54, 1.807) is 4.90 Å². The summed E-state index contributed by atoms with van der Waals surface area (Å²) in [5.74, 6) is 0. The number of nitrogens with zero attached hydrogens (tertiary/aromatic N) is 7. The standard InChI is InChI=1S/C31H39N7O3/c1-5-26-25-10-11-27(33-29(25)38(34-26)24-13-20-40-21-14-24)28-12-15-32-37(28)23-8-6-22(7-9-23)35-16-18-36(19-17-35)30(39)41-31(2,3)4/h6-12,15,24H,5,13-14,16-21H2,1-4H3. The zero-order chi connectivity index (χ0) is 28.6. The Labute approximate surface area is 240 Å². The topological polar surface area (TPSA) is 90.5 Å². The number of carbonyl (C=O) groups is 1. The summed E-state index contributed by atoms with van der Waals surface area (Å²) in [5, 5.41) is 10.7. The number of hydrogen-bond acceptors (Lipinski definition) is 7. The van der Waals surface area contributed by atoms with Gasteiger partial charge in [0.25, 0.3) is 0 Å². The lowest BCUT2D eigenvalue weighted by atomic mass is 10.1. The van der Waals surface area contributed by atoms with Gasteiger partial charge in [-0.05, 0) is 82.5 Å². The normalized spacial score (nSPS) is 16.9. The van der Waals surface area contributed by atoms with Gasteiger partial charge >= 0.3 is 6.09 Å². The minimum absolute atomic E-state index is 0.243. The Morgan fingerprint density at radius 2 is 1.68 bits per heavy atom. The second kappa shape index (κ2) is 11.2. The predicted molar refractivity (Wildman–Crippen MR) is 159 cm³/mol. The lowest BCUT2D eigenvalue weighted by Crippen LogP contribution is -2.50. The Kier molecular flexibility index (Phi) is 7.42. The van der Waals surface area contributed by atoms with Crippen molar-refractivity contribution in [2.24, 2.45) is 0 Å². The summed E-state index contributed by atoms with van der Waals surface area (Å²) in [7, 11) is 0. The predicted octanol–water partition coefficient (Wildman–Crippen LogP) is 5.26. The molecule has 0 spiro atoms. The van der Waals surface area contributed by atoms with Crippen LogP contribution in [0.3, 0.4) is 0 Å². The molecule has 2 saturated heterocycles. The van der Waals surface area contributed by atoms with Crippen molar-refractivity contribution in [3.8, 4) is 17.1 Å². The molecule has 0 saturated carbocycles. The van der Waals surface area contributed by atoms with Gasteiger partial charge in [-0.15, -0.1) is 0 Å². The van der Waals surface area contributed by atoms with Gasteiger partial charge in [0.1, 0.15) is 5.60 Å². The van der Waals surface area contributed by atoms with Crippen molar-refractivity contribution >= 4 is 22.8 Å². The summed E-state index contributed by atoms with van der Waals surface area (Å²) in [4.78, 5) is 21.6. The second-order valence-corrected chi connectivity index (χ2v) is 11.8. The SMILES string of the molecule is CCc1nn(C2CCOCC2)c2nc(-c3ccnn3-c3ccc(N4CCN(C(=O)OC(C)(C)C)CC4)cc3)ccc12. The van der Waals surface area contributed by atoms with Gasteiger partial charge in [0, 0.05) is 50.5 Å². The number of carbonyl (C=O) groups excluding carboxylic acids is 1. The van der Waals surface area contributed by atoms with Gasteiger partial charge in [-0.3, -0.25) is 0 Å². The van der Waals surface area contributed by atoms with Crippen LogP contribution >= 0.6 is 0 Å². The second-order valence-electron chi connectivity index (χ2n) is 11.8. The van der Waals surface area contributed by atoms with Crippen LogP contribution in [-0.2, 0) is 15.9 Å². The molecule has 6 rings (SSSR count). The maximum Gasteiger partial charge on any atom is 0.410 e. The first-order chi connectivity index (χ1) is 19.8. The first-order valence-corrected chi connectivity index (χ1v) is 14.6. The van der Waals surface area contributed by atoms with Gasteiger partial charge in [0.05, 0.1) is 35.0 Å². The van der Waals surface area contributed by atoms with Gasteiger partial charge in [-0.25, -0.2) is 19.1 Å². The number of aryl methyl sites for hydroxylation is 1. The minimum atomic E-state index is -0.485. The fraction of sp³-hybridized carbons (Fsp3) is 0.484. The van der Waals surface area contributed by atoms with E-state index >= 15 is 0 Å². The molecule has 41 heavy (non-hydrogen) atoms. The number of ether oxygens (including phenoxy) is 2. The van der Waals surface area contributed by atoms with E-state index in [0.29, 0.717) is 19.1 Å². The van der Waals surface area contributed by atoms with Crippen molar-refractivity contribution in [3.05, 3.63) is 54.4 Å². The van der Waals surface area contributed by atoms with Gasteiger partial charge in [0.2, 0.25) is 0 Å². The van der Waals surface area contributed by atoms with Gasteiger partial charge in [-0.2, -0.15) is 10.2 Å². The molecule has 0 unspecified atom stereocenters. The maximum absolute atomic E-state index is 12.4. The number of aromatic nitrogens is 5. The van der Waals surface area contributed by atoms with E-state index in [1.165, 1.54) is 0 Å². The third-order valence-corrected chi connectivity index (χ3v) is 7.80. The van der Waals surface area contributed by atoms with E-state index in [-0.39, 0.29) is 6.09 Å². The van der Waals surface area contributed by atoms with Crippen LogP contribution in [0.25, 0.3) is 28.1 Å². The summed E-state index contributed by atoms with van der Waals surface area (Å²) >= 11 is 0. The van der Waals surface area contributed by atoms with Crippen LogP contribution in [0.5, 0.6) is 0 Å². The first-order valence-electron chi connectivity index (χ1n) is 14.6. The van der Waals surface area contributed by atoms with Crippen molar-refractivity contribution in [1.82, 2.24) is 29.4 Å². The fourth-order valence-electron chi connectivity index (χ4n) is 5.65. The third-order valence-electron chi connectivity index (χ3n) is 7.80. The molecule has 4 aromatic rings. The number of piperazine rings is 1. The Morgan fingerprint density at radius 1 is 0.976 bits per heavy atom. The molecular formula is C31H39N7O3. The number of pyridine rings is 1. The summed E-state index contributed by atoms with van der Waals surface area (Å²) in [6, 6.07) is 15.0. The Bertz CT molecular complexity index is 1500. The molecule has 5 heterocycles. The average molecular weight is 558 g/mol. The van der Waals surface area contributed by atoms with Crippen LogP contribution < -0.4 is 4.90 Å². The molecule has 1 aromatic carbocycles. The molecule has 0 N–H and O–H groups in total. The molecule has 3 aromatic heterocycles. The monoisotopic (exact) mass is 557 g/mol. The number of anilines is 1. The Morgan fingerprint density at radius 3 is 2.37 bits per heavy atom. The van der Waals surface area contributed by atoms with E-state index in [0.717, 1.165) is 85.1 Å². The maximum atomic E-state index is 12.4. The Balaban J connectivity index is 1.21. The molecule has 0 atom stereocenters. The molecule has 0 aliphatic carbocycles. The van der Waals surface area contributed by atoms with Crippen LogP contribution in [-0.4, -0.2) is 80.5 Å². The van der Waals surface area contributed by atoms with E-state index in [9.17, 15) is 4.79 Å². The molecule has 2 aliphatic heterocycles. The molecule has 1 amide bonds. The van der Waals surface area contributed by atoms with Crippen LogP contribution in [0.2, 0.25) is 0 Å². The van der Waals surface area contributed by atoms with Crippen LogP contribution in [0.15, 0.2) is 48.7 Å². The molecule has 2 fully saturated rings. The molecule has 0 bridgehead atoms. The van der Waals surface area contributed by atoms with E-state index in [4.69, 9.17) is 19.6 Å². The zero-order valence-corrected chi connectivity index (χ0v) is 24.4. The van der Waals surface area contributed by atoms with E-state index in [2.05, 4.69) is 58.0 Å². The zero-order valence-electron chi connectivity index (χ0n) is 24.4. The first kappa shape index (κ1) is 27.3. The van der Waals surface area contributed by atoms with Crippen molar-refractivity contribution in [3.63, 3.8) is 0 Å². The van der Waals surface area contributed by atoms with E-state index in [1.807, 2.05) is 37.7 Å². The highest BCUT2D eigenvalue weighted by molar-refractivity contribution is 5.81. The average Bonchev–Trinajstić information content (AvgIpc) is 3.62. The largest absolute Gasteiger partial charge is 0.444 e. The molecule has 0 radical (unpaired) electrons. The smallest absolute Gasteiger partial charge is 0.410 e. The Hall–Kier alpha value is -3.92. The molecule has 216 valence electrons.